The van der Waals surface area contributed by atoms with Gasteiger partial charge in [0.1, 0.15) is 5.92 Å². The highest BCUT2D eigenvalue weighted by Crippen LogP contribution is 2.57. The van der Waals surface area contributed by atoms with Crippen LogP contribution in [0.5, 0.6) is 0 Å². The summed E-state index contributed by atoms with van der Waals surface area (Å²) in [5.41, 5.74) is 0.818. The van der Waals surface area contributed by atoms with Crippen LogP contribution >= 0.6 is 15.9 Å². The SMILES string of the molecule is N#CC(C(=O)C1C2CCCCC21)c1ccccc1Br. The van der Waals surface area contributed by atoms with Crippen molar-refractivity contribution in [2.45, 2.75) is 31.6 Å². The molecule has 2 aliphatic carbocycles. The molecule has 3 unspecified atom stereocenters. The normalized spacial score (nSPS) is 30.0. The molecule has 0 saturated heterocycles. The summed E-state index contributed by atoms with van der Waals surface area (Å²) in [4.78, 5) is 12.6. The maximum absolute atomic E-state index is 12.6. The first-order valence-electron chi connectivity index (χ1n) is 6.92. The highest BCUT2D eigenvalue weighted by atomic mass is 79.9. The smallest absolute Gasteiger partial charge is 0.158 e. The van der Waals surface area contributed by atoms with Crippen LogP contribution < -0.4 is 0 Å². The molecule has 2 nitrogen and oxygen atoms in total. The van der Waals surface area contributed by atoms with Crippen LogP contribution in [0.2, 0.25) is 0 Å². The third-order valence-electron chi connectivity index (χ3n) is 4.61. The minimum atomic E-state index is -0.605. The first-order chi connectivity index (χ1) is 9.24. The van der Waals surface area contributed by atoms with E-state index in [1.54, 1.807) is 0 Å². The number of carbonyl (C=O) groups excluding carboxylic acids is 1. The van der Waals surface area contributed by atoms with Gasteiger partial charge in [0.25, 0.3) is 0 Å². The quantitative estimate of drug-likeness (QED) is 0.843. The predicted octanol–water partition coefficient (Wildman–Crippen LogP) is 4.06. The van der Waals surface area contributed by atoms with E-state index in [0.29, 0.717) is 11.8 Å². The van der Waals surface area contributed by atoms with Crippen LogP contribution in [0.15, 0.2) is 28.7 Å². The number of carbonyl (C=O) groups is 1. The lowest BCUT2D eigenvalue weighted by atomic mass is 9.92. The Balaban J connectivity index is 1.82. The zero-order valence-corrected chi connectivity index (χ0v) is 12.3. The van der Waals surface area contributed by atoms with Crippen LogP contribution in [0.25, 0.3) is 0 Å². The first kappa shape index (κ1) is 12.9. The Labute approximate surface area is 121 Å². The first-order valence-corrected chi connectivity index (χ1v) is 7.71. The summed E-state index contributed by atoms with van der Waals surface area (Å²) in [6.07, 6.45) is 4.85. The molecule has 0 radical (unpaired) electrons. The van der Waals surface area contributed by atoms with E-state index < -0.39 is 5.92 Å². The Kier molecular flexibility index (Phi) is 3.45. The minimum Gasteiger partial charge on any atom is -0.298 e. The number of hydrogen-bond donors (Lipinski definition) is 0. The van der Waals surface area contributed by atoms with E-state index >= 15 is 0 Å². The average Bonchev–Trinajstić information content (AvgIpc) is 3.16. The summed E-state index contributed by atoms with van der Waals surface area (Å²) in [5, 5.41) is 9.39. The molecule has 3 rings (SSSR count). The number of ketones is 1. The third kappa shape index (κ3) is 2.23. The second-order valence-corrected chi connectivity index (χ2v) is 6.48. The van der Waals surface area contributed by atoms with Crippen molar-refractivity contribution >= 4 is 21.7 Å². The Morgan fingerprint density at radius 3 is 2.47 bits per heavy atom. The fourth-order valence-electron chi connectivity index (χ4n) is 3.60. The molecule has 98 valence electrons. The van der Waals surface area contributed by atoms with Gasteiger partial charge in [0, 0.05) is 10.4 Å². The van der Waals surface area contributed by atoms with E-state index in [1.165, 1.54) is 25.7 Å². The molecule has 2 aliphatic rings. The summed E-state index contributed by atoms with van der Waals surface area (Å²) in [5.74, 6) is 0.830. The number of rotatable bonds is 3. The number of hydrogen-bond acceptors (Lipinski definition) is 2. The van der Waals surface area contributed by atoms with Gasteiger partial charge < -0.3 is 0 Å². The van der Waals surface area contributed by atoms with Crippen molar-refractivity contribution < 1.29 is 4.79 Å². The lowest BCUT2D eigenvalue weighted by molar-refractivity contribution is -0.121. The lowest BCUT2D eigenvalue weighted by Gasteiger charge is -2.10. The van der Waals surface area contributed by atoms with Crippen molar-refractivity contribution in [3.63, 3.8) is 0 Å². The summed E-state index contributed by atoms with van der Waals surface area (Å²) in [6.45, 7) is 0. The second kappa shape index (κ2) is 5.09. The van der Waals surface area contributed by atoms with Crippen LogP contribution in [0.3, 0.4) is 0 Å². The molecule has 1 aromatic carbocycles. The van der Waals surface area contributed by atoms with E-state index in [9.17, 15) is 10.1 Å². The molecular formula is C16H16BrNO. The summed E-state index contributed by atoms with van der Waals surface area (Å²) in [6, 6.07) is 9.78. The fourth-order valence-corrected chi connectivity index (χ4v) is 4.12. The van der Waals surface area contributed by atoms with E-state index in [0.717, 1.165) is 10.0 Å². The van der Waals surface area contributed by atoms with Gasteiger partial charge in [-0.25, -0.2) is 0 Å². The standard InChI is InChI=1S/C16H16BrNO/c17-14-8-4-3-5-10(14)13(9-18)16(19)15-11-6-1-2-7-12(11)15/h3-5,8,11-13,15H,1-2,6-7H2. The van der Waals surface area contributed by atoms with Gasteiger partial charge in [-0.1, -0.05) is 47.0 Å². The molecule has 3 heteroatoms. The summed E-state index contributed by atoms with van der Waals surface area (Å²) < 4.78 is 0.860. The highest BCUT2D eigenvalue weighted by Gasteiger charge is 2.55. The van der Waals surface area contributed by atoms with Crippen molar-refractivity contribution in [2.24, 2.45) is 17.8 Å². The average molecular weight is 318 g/mol. The molecule has 2 fully saturated rings. The molecule has 0 aromatic heterocycles. The number of nitriles is 1. The zero-order valence-electron chi connectivity index (χ0n) is 10.7. The van der Waals surface area contributed by atoms with Crippen LogP contribution in [0.1, 0.15) is 37.2 Å². The predicted molar refractivity (Wildman–Crippen MR) is 76.4 cm³/mol. The molecule has 0 bridgehead atoms. The molecule has 0 N–H and O–H groups in total. The Morgan fingerprint density at radius 2 is 1.89 bits per heavy atom. The zero-order chi connectivity index (χ0) is 13.4. The van der Waals surface area contributed by atoms with Gasteiger partial charge in [-0.05, 0) is 36.3 Å². The second-order valence-electron chi connectivity index (χ2n) is 5.62. The lowest BCUT2D eigenvalue weighted by Crippen LogP contribution is -2.15. The Bertz CT molecular complexity index is 536. The van der Waals surface area contributed by atoms with Gasteiger partial charge in [0.15, 0.2) is 5.78 Å². The maximum atomic E-state index is 12.6. The monoisotopic (exact) mass is 317 g/mol. The number of benzene rings is 1. The maximum Gasteiger partial charge on any atom is 0.158 e. The molecule has 1 aromatic rings. The number of nitrogens with zero attached hydrogens (tertiary/aromatic N) is 1. The van der Waals surface area contributed by atoms with E-state index in [2.05, 4.69) is 22.0 Å². The van der Waals surface area contributed by atoms with Crippen molar-refractivity contribution in [1.29, 1.82) is 5.26 Å². The molecule has 2 saturated carbocycles. The van der Waals surface area contributed by atoms with Crippen molar-refractivity contribution in [1.82, 2.24) is 0 Å². The summed E-state index contributed by atoms with van der Waals surface area (Å²) in [7, 11) is 0. The molecule has 0 spiro atoms. The topological polar surface area (TPSA) is 40.9 Å². The van der Waals surface area contributed by atoms with Crippen molar-refractivity contribution in [3.8, 4) is 6.07 Å². The summed E-state index contributed by atoms with van der Waals surface area (Å²) >= 11 is 3.45. The Morgan fingerprint density at radius 1 is 1.26 bits per heavy atom. The molecule has 3 atom stereocenters. The molecule has 0 aliphatic heterocycles. The fraction of sp³-hybridized carbons (Fsp3) is 0.500. The molecule has 19 heavy (non-hydrogen) atoms. The van der Waals surface area contributed by atoms with Gasteiger partial charge in [-0.3, -0.25) is 4.79 Å². The van der Waals surface area contributed by atoms with E-state index in [4.69, 9.17) is 0 Å². The van der Waals surface area contributed by atoms with Crippen LogP contribution in [-0.2, 0) is 4.79 Å². The van der Waals surface area contributed by atoms with Crippen molar-refractivity contribution in [2.75, 3.05) is 0 Å². The van der Waals surface area contributed by atoms with Gasteiger partial charge >= 0.3 is 0 Å². The molecular weight excluding hydrogens is 302 g/mol. The van der Waals surface area contributed by atoms with Gasteiger partial charge in [-0.15, -0.1) is 0 Å². The number of Topliss-reactive ketones (excluding diaryl/α,β-unsaturated/α-hetero) is 1. The van der Waals surface area contributed by atoms with Crippen LogP contribution in [0, 0.1) is 29.1 Å². The van der Waals surface area contributed by atoms with Crippen LogP contribution in [-0.4, -0.2) is 5.78 Å². The third-order valence-corrected chi connectivity index (χ3v) is 5.34. The molecule has 0 heterocycles. The van der Waals surface area contributed by atoms with E-state index in [-0.39, 0.29) is 11.7 Å². The minimum absolute atomic E-state index is 0.145. The molecule has 0 amide bonds. The Hall–Kier alpha value is -1.14. The van der Waals surface area contributed by atoms with Gasteiger partial charge in [-0.2, -0.15) is 5.26 Å². The number of fused-ring (bicyclic) bond motifs is 1. The van der Waals surface area contributed by atoms with Crippen molar-refractivity contribution in [3.05, 3.63) is 34.3 Å². The largest absolute Gasteiger partial charge is 0.298 e. The number of halogens is 1. The van der Waals surface area contributed by atoms with E-state index in [1.807, 2.05) is 24.3 Å². The highest BCUT2D eigenvalue weighted by molar-refractivity contribution is 9.10. The van der Waals surface area contributed by atoms with Gasteiger partial charge in [0.05, 0.1) is 6.07 Å². The van der Waals surface area contributed by atoms with Gasteiger partial charge in [0.2, 0.25) is 0 Å². The van der Waals surface area contributed by atoms with Crippen LogP contribution in [0.4, 0.5) is 0 Å².